The molecule has 20 heavy (non-hydrogen) atoms. The third kappa shape index (κ3) is 4.23. The average molecular weight is 319 g/mol. The number of nitrogens with zero attached hydrogens (tertiary/aromatic N) is 1. The van der Waals surface area contributed by atoms with Crippen molar-refractivity contribution in [1.82, 2.24) is 5.32 Å². The van der Waals surface area contributed by atoms with Crippen LogP contribution in [0.1, 0.15) is 12.8 Å². The Kier molecular flexibility index (Phi) is 11.1. The molecule has 0 bridgehead atoms. The van der Waals surface area contributed by atoms with Gasteiger partial charge in [0.1, 0.15) is 5.54 Å². The quantitative estimate of drug-likeness (QED) is 0.494. The van der Waals surface area contributed by atoms with Crippen LogP contribution in [-0.4, -0.2) is 42.7 Å². The normalized spacial score (nSPS) is 18.8. The van der Waals surface area contributed by atoms with Crippen molar-refractivity contribution in [2.75, 3.05) is 32.7 Å². The number of rotatable bonds is 8. The first-order valence-electron chi connectivity index (χ1n) is 6.71. The molecule has 4 heteroatoms. The molecule has 1 aliphatic rings. The predicted octanol–water partition coefficient (Wildman–Crippen LogP) is 0.0952. The SMILES string of the molecule is C=CCC1(CC=C)CNCC[N+]1(CC=C)CC=C.Cl.[Cl-]. The van der Waals surface area contributed by atoms with Crippen molar-refractivity contribution >= 4 is 12.4 Å². The minimum atomic E-state index is 0. The number of piperazine rings is 1. The molecule has 2 nitrogen and oxygen atoms in total. The van der Waals surface area contributed by atoms with Crippen molar-refractivity contribution in [3.05, 3.63) is 50.6 Å². The van der Waals surface area contributed by atoms with Gasteiger partial charge in [0.05, 0.1) is 26.2 Å². The lowest BCUT2D eigenvalue weighted by Crippen LogP contribution is -3.00. The molecule has 0 saturated carbocycles. The molecular formula is C16H28Cl2N2. The number of halogens is 2. The summed E-state index contributed by atoms with van der Waals surface area (Å²) >= 11 is 0. The van der Waals surface area contributed by atoms with E-state index in [0.29, 0.717) is 0 Å². The van der Waals surface area contributed by atoms with Crippen molar-refractivity contribution in [3.63, 3.8) is 0 Å². The fourth-order valence-electron chi connectivity index (χ4n) is 3.31. The molecule has 0 unspecified atom stereocenters. The maximum absolute atomic E-state index is 3.95. The number of quaternary nitrogens is 1. The minimum absolute atomic E-state index is 0. The monoisotopic (exact) mass is 318 g/mol. The Bertz CT molecular complexity index is 274. The van der Waals surface area contributed by atoms with E-state index < -0.39 is 0 Å². The molecular weight excluding hydrogens is 291 g/mol. The van der Waals surface area contributed by atoms with E-state index in [9.17, 15) is 0 Å². The Morgan fingerprint density at radius 2 is 1.45 bits per heavy atom. The highest BCUT2D eigenvalue weighted by atomic mass is 35.5. The molecule has 0 aliphatic carbocycles. The van der Waals surface area contributed by atoms with Gasteiger partial charge in [0.2, 0.25) is 0 Å². The molecule has 1 heterocycles. The summed E-state index contributed by atoms with van der Waals surface area (Å²) in [7, 11) is 0. The minimum Gasteiger partial charge on any atom is -1.00 e. The van der Waals surface area contributed by atoms with Crippen molar-refractivity contribution in [1.29, 1.82) is 0 Å². The summed E-state index contributed by atoms with van der Waals surface area (Å²) in [6.07, 6.45) is 10.1. The summed E-state index contributed by atoms with van der Waals surface area (Å²) in [5.74, 6) is 0. The molecule has 1 aliphatic heterocycles. The van der Waals surface area contributed by atoms with Crippen molar-refractivity contribution in [2.24, 2.45) is 0 Å². The summed E-state index contributed by atoms with van der Waals surface area (Å²) in [6, 6.07) is 0. The fourth-order valence-corrected chi connectivity index (χ4v) is 3.31. The van der Waals surface area contributed by atoms with Crippen LogP contribution in [0.2, 0.25) is 0 Å². The lowest BCUT2D eigenvalue weighted by Gasteiger charge is -2.55. The van der Waals surface area contributed by atoms with E-state index >= 15 is 0 Å². The summed E-state index contributed by atoms with van der Waals surface area (Å²) in [5.41, 5.74) is 0.143. The molecule has 0 atom stereocenters. The van der Waals surface area contributed by atoms with Crippen molar-refractivity contribution < 1.29 is 16.9 Å². The Hall–Kier alpha value is -0.540. The van der Waals surface area contributed by atoms with Gasteiger partial charge < -0.3 is 22.2 Å². The van der Waals surface area contributed by atoms with Crippen LogP contribution < -0.4 is 17.7 Å². The third-order valence-electron chi connectivity index (χ3n) is 4.18. The van der Waals surface area contributed by atoms with Crippen molar-refractivity contribution in [2.45, 2.75) is 18.4 Å². The van der Waals surface area contributed by atoms with Crippen LogP contribution in [0.3, 0.4) is 0 Å². The van der Waals surface area contributed by atoms with E-state index in [2.05, 4.69) is 31.6 Å². The maximum atomic E-state index is 3.95. The molecule has 0 amide bonds. The molecule has 0 aromatic rings. The third-order valence-corrected chi connectivity index (χ3v) is 4.18. The van der Waals surface area contributed by atoms with Crippen LogP contribution >= 0.6 is 12.4 Å². The fraction of sp³-hybridized carbons (Fsp3) is 0.500. The zero-order valence-electron chi connectivity index (χ0n) is 12.3. The summed E-state index contributed by atoms with van der Waals surface area (Å²) < 4.78 is 1.02. The summed E-state index contributed by atoms with van der Waals surface area (Å²) in [6.45, 7) is 20.9. The molecule has 1 saturated heterocycles. The van der Waals surface area contributed by atoms with E-state index in [-0.39, 0.29) is 30.4 Å². The molecule has 0 aromatic carbocycles. The van der Waals surface area contributed by atoms with Gasteiger partial charge in [-0.05, 0) is 12.2 Å². The van der Waals surface area contributed by atoms with E-state index in [4.69, 9.17) is 0 Å². The molecule has 116 valence electrons. The number of hydrogen-bond donors (Lipinski definition) is 1. The molecule has 1 N–H and O–H groups in total. The Labute approximate surface area is 136 Å². The van der Waals surface area contributed by atoms with Gasteiger partial charge in [0.15, 0.2) is 0 Å². The number of nitrogens with one attached hydrogen (secondary N) is 1. The van der Waals surface area contributed by atoms with E-state index in [1.807, 2.05) is 24.3 Å². The summed E-state index contributed by atoms with van der Waals surface area (Å²) in [5, 5.41) is 3.54. The van der Waals surface area contributed by atoms with Crippen molar-refractivity contribution in [3.8, 4) is 0 Å². The van der Waals surface area contributed by atoms with Crippen LogP contribution in [0, 0.1) is 0 Å². The zero-order valence-corrected chi connectivity index (χ0v) is 13.9. The Balaban J connectivity index is 0. The standard InChI is InChI=1S/C16H27N2.2ClH/c1-5-9-16(10-6-2)15-17-11-14-18(16,12-7-3)13-8-4;;/h5-8,17H,1-4,9-15H2;2*1H/q+1;;/p-1. The maximum Gasteiger partial charge on any atom is 0.119 e. The smallest absolute Gasteiger partial charge is 0.119 e. The molecule has 1 rings (SSSR count). The predicted molar refractivity (Wildman–Crippen MR) is 87.7 cm³/mol. The highest BCUT2D eigenvalue weighted by molar-refractivity contribution is 5.85. The van der Waals surface area contributed by atoms with E-state index in [1.165, 1.54) is 0 Å². The topological polar surface area (TPSA) is 12.0 Å². The summed E-state index contributed by atoms with van der Waals surface area (Å²) in [4.78, 5) is 0. The highest BCUT2D eigenvalue weighted by Gasteiger charge is 2.49. The van der Waals surface area contributed by atoms with Gasteiger partial charge >= 0.3 is 0 Å². The lowest BCUT2D eigenvalue weighted by molar-refractivity contribution is -0.968. The van der Waals surface area contributed by atoms with Gasteiger partial charge in [-0.1, -0.05) is 25.3 Å². The highest BCUT2D eigenvalue weighted by Crippen LogP contribution is 2.34. The molecule has 0 radical (unpaired) electrons. The zero-order chi connectivity index (χ0) is 13.5. The number of hydrogen-bond acceptors (Lipinski definition) is 1. The molecule has 1 fully saturated rings. The van der Waals surface area contributed by atoms with Crippen LogP contribution in [-0.2, 0) is 0 Å². The first kappa shape index (κ1) is 21.8. The van der Waals surface area contributed by atoms with Gasteiger partial charge in [0, 0.05) is 19.4 Å². The van der Waals surface area contributed by atoms with E-state index in [0.717, 1.165) is 50.0 Å². The average Bonchev–Trinajstić information content (AvgIpc) is 2.34. The Morgan fingerprint density at radius 1 is 0.950 bits per heavy atom. The first-order chi connectivity index (χ1) is 8.70. The van der Waals surface area contributed by atoms with Gasteiger partial charge in [-0.3, -0.25) is 0 Å². The van der Waals surface area contributed by atoms with Gasteiger partial charge in [-0.25, -0.2) is 0 Å². The van der Waals surface area contributed by atoms with Gasteiger partial charge in [0.25, 0.3) is 0 Å². The van der Waals surface area contributed by atoms with Crippen LogP contribution in [0.15, 0.2) is 50.6 Å². The second kappa shape index (κ2) is 10.2. The molecule has 0 aromatic heterocycles. The second-order valence-corrected chi connectivity index (χ2v) is 5.20. The van der Waals surface area contributed by atoms with Crippen LogP contribution in [0.5, 0.6) is 0 Å². The first-order valence-corrected chi connectivity index (χ1v) is 6.71. The van der Waals surface area contributed by atoms with E-state index in [1.54, 1.807) is 0 Å². The second-order valence-electron chi connectivity index (χ2n) is 5.20. The van der Waals surface area contributed by atoms with Gasteiger partial charge in [-0.2, -0.15) is 0 Å². The lowest BCUT2D eigenvalue weighted by atomic mass is 9.83. The molecule has 0 spiro atoms. The van der Waals surface area contributed by atoms with Crippen LogP contribution in [0.4, 0.5) is 0 Å². The van der Waals surface area contributed by atoms with Gasteiger partial charge in [-0.15, -0.1) is 25.6 Å². The van der Waals surface area contributed by atoms with Crippen LogP contribution in [0.25, 0.3) is 0 Å². The largest absolute Gasteiger partial charge is 1.00 e. The Morgan fingerprint density at radius 3 is 1.85 bits per heavy atom.